The third kappa shape index (κ3) is 4.79. The molecule has 66 heavy (non-hydrogen) atoms. The van der Waals surface area contributed by atoms with Gasteiger partial charge in [-0.15, -0.1) is 0 Å². The molecule has 1 aliphatic rings. The second-order valence-electron chi connectivity index (χ2n) is 17.3. The van der Waals surface area contributed by atoms with E-state index in [1.54, 1.807) is 0 Å². The lowest BCUT2D eigenvalue weighted by Gasteiger charge is -2.41. The molecule has 15 rings (SSSR count). The minimum absolute atomic E-state index is 0.873. The largest absolute Gasteiger partial charge is 0.456 e. The van der Waals surface area contributed by atoms with Crippen LogP contribution >= 0.6 is 0 Å². The van der Waals surface area contributed by atoms with Crippen LogP contribution in [-0.4, -0.2) is 9.13 Å². The second kappa shape index (κ2) is 13.3. The molecular formula is C60H36N4O2. The summed E-state index contributed by atoms with van der Waals surface area (Å²) < 4.78 is 17.7. The molecule has 0 radical (unpaired) electrons. The minimum Gasteiger partial charge on any atom is -0.456 e. The fraction of sp³-hybridized carbons (Fsp3) is 0. The first kappa shape index (κ1) is 35.5. The maximum atomic E-state index is 6.37. The number of benzene rings is 10. The molecule has 4 aromatic heterocycles. The molecule has 0 fully saturated rings. The molecule has 308 valence electrons. The molecule has 6 nitrogen and oxygen atoms in total. The quantitative estimate of drug-likeness (QED) is 0.177. The van der Waals surface area contributed by atoms with Gasteiger partial charge < -0.3 is 27.8 Å². The van der Waals surface area contributed by atoms with Crippen LogP contribution in [0.25, 0.3) is 98.9 Å². The van der Waals surface area contributed by atoms with Gasteiger partial charge in [0.2, 0.25) is 0 Å². The highest BCUT2D eigenvalue weighted by molar-refractivity contribution is 6.24. The molecule has 14 aromatic rings. The van der Waals surface area contributed by atoms with E-state index in [9.17, 15) is 0 Å². The van der Waals surface area contributed by atoms with Crippen molar-refractivity contribution in [2.45, 2.75) is 0 Å². The Bertz CT molecular complexity index is 4030. The van der Waals surface area contributed by atoms with Crippen LogP contribution in [-0.2, 0) is 0 Å². The highest BCUT2D eigenvalue weighted by atomic mass is 16.3. The van der Waals surface area contributed by atoms with Crippen molar-refractivity contribution in [2.24, 2.45) is 0 Å². The third-order valence-electron chi connectivity index (χ3n) is 13.8. The summed E-state index contributed by atoms with van der Waals surface area (Å²) >= 11 is 0. The predicted molar refractivity (Wildman–Crippen MR) is 273 cm³/mol. The van der Waals surface area contributed by atoms with E-state index in [2.05, 4.69) is 213 Å². The maximum Gasteiger partial charge on any atom is 0.135 e. The summed E-state index contributed by atoms with van der Waals surface area (Å²) in [5, 5.41) is 9.12. The summed E-state index contributed by atoms with van der Waals surface area (Å²) in [5.74, 6) is 0. The van der Waals surface area contributed by atoms with E-state index >= 15 is 0 Å². The number of aromatic nitrogens is 2. The van der Waals surface area contributed by atoms with Crippen LogP contribution in [0.3, 0.4) is 0 Å². The summed E-state index contributed by atoms with van der Waals surface area (Å²) in [6.45, 7) is 0. The summed E-state index contributed by atoms with van der Waals surface area (Å²) in [6, 6.07) is 78.6. The first-order valence-corrected chi connectivity index (χ1v) is 22.4. The van der Waals surface area contributed by atoms with E-state index in [1.807, 2.05) is 24.3 Å². The standard InChI is InChI=1S/C60H36N4O2/c1-3-15-37(16-4-1)61-51-31-29-46-42-20-8-12-24-50(42)64(40-28-34-56-48(36-40)44-22-10-14-26-54(44)66-56)58(46)60(51)62(38-17-5-2-6-18-38)52-32-30-45-41-19-7-11-23-49(41)63(57(45)59(52)61)39-27-33-55-47(35-39)43-21-9-13-25-53(43)65-55/h1-36H. The number of anilines is 6. The Balaban J connectivity index is 1.10. The number of nitrogens with zero attached hydrogens (tertiary/aromatic N) is 4. The Hall–Kier alpha value is -9.00. The molecular weight excluding hydrogens is 809 g/mol. The SMILES string of the molecule is c1ccc(N2c3ccc4c5ccccc5n(-c5ccc6oc7ccccc7c6c5)c4c3N(c3ccccc3)c3ccc4c5ccccc5n(-c5ccc6oc7ccccc7c6c5)c4c32)cc1. The molecule has 0 unspecified atom stereocenters. The highest BCUT2D eigenvalue weighted by Gasteiger charge is 2.37. The molecule has 0 saturated carbocycles. The smallest absolute Gasteiger partial charge is 0.135 e. The van der Waals surface area contributed by atoms with Gasteiger partial charge in [-0.2, -0.15) is 0 Å². The Kier molecular flexibility index (Phi) is 7.13. The zero-order valence-electron chi connectivity index (χ0n) is 35.4. The van der Waals surface area contributed by atoms with Crippen molar-refractivity contribution < 1.29 is 8.83 Å². The Morgan fingerprint density at radius 2 is 0.636 bits per heavy atom. The number of hydrogen-bond acceptors (Lipinski definition) is 4. The zero-order chi connectivity index (χ0) is 43.0. The first-order chi connectivity index (χ1) is 32.8. The molecule has 0 saturated heterocycles. The Labute approximate surface area is 377 Å². The fourth-order valence-corrected chi connectivity index (χ4v) is 11.0. The third-order valence-corrected chi connectivity index (χ3v) is 13.8. The molecule has 6 heteroatoms. The van der Waals surface area contributed by atoms with E-state index in [1.165, 1.54) is 21.5 Å². The number of rotatable bonds is 4. The topological polar surface area (TPSA) is 42.6 Å². The summed E-state index contributed by atoms with van der Waals surface area (Å²) in [5.41, 5.74) is 16.6. The van der Waals surface area contributed by atoms with Gasteiger partial charge in [0.25, 0.3) is 0 Å². The Morgan fingerprint density at radius 3 is 1.09 bits per heavy atom. The van der Waals surface area contributed by atoms with Crippen LogP contribution in [0.4, 0.5) is 34.1 Å². The minimum atomic E-state index is 0.873. The van der Waals surface area contributed by atoms with E-state index in [-0.39, 0.29) is 0 Å². The lowest BCUT2D eigenvalue weighted by molar-refractivity contribution is 0.668. The van der Waals surface area contributed by atoms with Gasteiger partial charge in [0.15, 0.2) is 0 Å². The van der Waals surface area contributed by atoms with Crippen LogP contribution in [0.1, 0.15) is 0 Å². The van der Waals surface area contributed by atoms with Crippen LogP contribution in [0.2, 0.25) is 0 Å². The molecule has 0 N–H and O–H groups in total. The van der Waals surface area contributed by atoms with Crippen molar-refractivity contribution in [2.75, 3.05) is 9.80 Å². The van der Waals surface area contributed by atoms with E-state index in [4.69, 9.17) is 8.83 Å². The molecule has 10 aromatic carbocycles. The first-order valence-electron chi connectivity index (χ1n) is 22.4. The average Bonchev–Trinajstić information content (AvgIpc) is 4.13. The molecule has 0 bridgehead atoms. The molecule has 0 amide bonds. The molecule has 1 aliphatic heterocycles. The van der Waals surface area contributed by atoms with Crippen molar-refractivity contribution in [3.8, 4) is 11.4 Å². The monoisotopic (exact) mass is 844 g/mol. The normalized spacial score (nSPS) is 12.8. The van der Waals surface area contributed by atoms with E-state index in [0.717, 1.165) is 111 Å². The molecule has 0 spiro atoms. The van der Waals surface area contributed by atoms with E-state index < -0.39 is 0 Å². The maximum absolute atomic E-state index is 6.37. The van der Waals surface area contributed by atoms with Gasteiger partial charge in [0.1, 0.15) is 22.3 Å². The van der Waals surface area contributed by atoms with Crippen LogP contribution in [0.15, 0.2) is 227 Å². The second-order valence-corrected chi connectivity index (χ2v) is 17.3. The van der Waals surface area contributed by atoms with Crippen LogP contribution in [0, 0.1) is 0 Å². The van der Waals surface area contributed by atoms with Gasteiger partial charge >= 0.3 is 0 Å². The van der Waals surface area contributed by atoms with Crippen molar-refractivity contribution in [3.63, 3.8) is 0 Å². The van der Waals surface area contributed by atoms with Gasteiger partial charge in [-0.3, -0.25) is 0 Å². The van der Waals surface area contributed by atoms with Crippen molar-refractivity contribution >= 4 is 122 Å². The number of furan rings is 2. The fourth-order valence-electron chi connectivity index (χ4n) is 11.0. The lowest BCUT2D eigenvalue weighted by Crippen LogP contribution is -2.25. The molecule has 5 heterocycles. The van der Waals surface area contributed by atoms with Gasteiger partial charge in [0, 0.05) is 65.8 Å². The molecule has 0 aliphatic carbocycles. The summed E-state index contributed by atoms with van der Waals surface area (Å²) in [6.07, 6.45) is 0. The predicted octanol–water partition coefficient (Wildman–Crippen LogP) is 16.9. The van der Waals surface area contributed by atoms with Crippen molar-refractivity contribution in [1.82, 2.24) is 9.13 Å². The van der Waals surface area contributed by atoms with Gasteiger partial charge in [-0.1, -0.05) is 109 Å². The molecule has 0 atom stereocenters. The number of hydrogen-bond donors (Lipinski definition) is 0. The lowest BCUT2D eigenvalue weighted by atomic mass is 10.00. The average molecular weight is 845 g/mol. The van der Waals surface area contributed by atoms with Gasteiger partial charge in [-0.25, -0.2) is 0 Å². The van der Waals surface area contributed by atoms with Crippen LogP contribution < -0.4 is 9.80 Å². The van der Waals surface area contributed by atoms with E-state index in [0.29, 0.717) is 0 Å². The number of para-hydroxylation sites is 6. The summed E-state index contributed by atoms with van der Waals surface area (Å²) in [4.78, 5) is 5.00. The van der Waals surface area contributed by atoms with Crippen LogP contribution in [0.5, 0.6) is 0 Å². The van der Waals surface area contributed by atoms with Gasteiger partial charge in [-0.05, 0) is 109 Å². The highest BCUT2D eigenvalue weighted by Crippen LogP contribution is 2.60. The van der Waals surface area contributed by atoms with Gasteiger partial charge in [0.05, 0.1) is 44.8 Å². The van der Waals surface area contributed by atoms with Crippen molar-refractivity contribution in [3.05, 3.63) is 218 Å². The Morgan fingerprint density at radius 1 is 0.258 bits per heavy atom. The number of fused-ring (bicyclic) bond motifs is 16. The zero-order valence-corrected chi connectivity index (χ0v) is 35.4. The summed E-state index contributed by atoms with van der Waals surface area (Å²) in [7, 11) is 0. The van der Waals surface area contributed by atoms with Crippen molar-refractivity contribution in [1.29, 1.82) is 0 Å².